The quantitative estimate of drug-likeness (QED) is 0.548. The van der Waals surface area contributed by atoms with Gasteiger partial charge in [-0.15, -0.1) is 0 Å². The fourth-order valence-electron chi connectivity index (χ4n) is 3.55. The van der Waals surface area contributed by atoms with Crippen LogP contribution in [-0.2, 0) is 11.8 Å². The molecular weight excluding hydrogens is 450 g/mol. The Labute approximate surface area is 184 Å². The number of anilines is 2. The van der Waals surface area contributed by atoms with Crippen molar-refractivity contribution < 1.29 is 27.1 Å². The number of ether oxygens (including phenoxy) is 1. The zero-order valence-corrected chi connectivity index (χ0v) is 17.7. The van der Waals surface area contributed by atoms with E-state index in [-0.39, 0.29) is 39.8 Å². The van der Waals surface area contributed by atoms with Crippen LogP contribution in [0.2, 0.25) is 0 Å². The van der Waals surface area contributed by atoms with Crippen molar-refractivity contribution >= 4 is 27.9 Å². The number of carbonyl (C=O) groups is 1. The van der Waals surface area contributed by atoms with Gasteiger partial charge in [-0.05, 0) is 25.0 Å². The monoisotopic (exact) mass is 469 g/mol. The Hall–Kier alpha value is -2.99. The Kier molecular flexibility index (Phi) is 5.91. The summed E-state index contributed by atoms with van der Waals surface area (Å²) in [5, 5.41) is 6.59. The molecule has 0 aliphatic carbocycles. The van der Waals surface area contributed by atoms with E-state index in [4.69, 9.17) is 10.5 Å². The van der Waals surface area contributed by atoms with Crippen molar-refractivity contribution in [3.8, 4) is 10.6 Å². The molecule has 1 aliphatic heterocycles. The van der Waals surface area contributed by atoms with Crippen LogP contribution in [-0.4, -0.2) is 33.2 Å². The second kappa shape index (κ2) is 8.51. The zero-order chi connectivity index (χ0) is 23.0. The summed E-state index contributed by atoms with van der Waals surface area (Å²) in [5.74, 6) is -5.30. The van der Waals surface area contributed by atoms with Crippen LogP contribution in [0, 0.1) is 11.6 Å². The van der Waals surface area contributed by atoms with Crippen LogP contribution in [0.3, 0.4) is 0 Å². The normalized spacial score (nSPS) is 18.3. The minimum absolute atomic E-state index is 0.0315. The molecule has 32 heavy (non-hydrogen) atoms. The number of rotatable bonds is 4. The van der Waals surface area contributed by atoms with Gasteiger partial charge in [0.15, 0.2) is 5.69 Å². The number of alkyl halides is 2. The van der Waals surface area contributed by atoms with E-state index in [0.717, 1.165) is 23.5 Å². The second-order valence-corrected chi connectivity index (χ2v) is 8.43. The van der Waals surface area contributed by atoms with E-state index in [2.05, 4.69) is 15.4 Å². The number of nitrogen functional groups attached to an aromatic ring is 1. The minimum atomic E-state index is -2.91. The van der Waals surface area contributed by atoms with Gasteiger partial charge in [-0.1, -0.05) is 17.4 Å². The standard InChI is InChI=1S/C20H19F4N5O2S/c1-29-16(13-6-3-7-20(23,24)9-31-13)12(8-26-29)27-18(30)15-17(25)32-19(28-15)14-10(21)4-2-5-11(14)22/h2,4-5,8,13H,3,6-7,9,25H2,1H3,(H,27,30). The van der Waals surface area contributed by atoms with Gasteiger partial charge in [0.05, 0.1) is 23.1 Å². The molecule has 1 saturated heterocycles. The minimum Gasteiger partial charge on any atom is -0.389 e. The second-order valence-electron chi connectivity index (χ2n) is 7.40. The fourth-order valence-corrected chi connectivity index (χ4v) is 4.43. The van der Waals surface area contributed by atoms with Gasteiger partial charge in [-0.2, -0.15) is 5.10 Å². The van der Waals surface area contributed by atoms with Crippen molar-refractivity contribution in [3.63, 3.8) is 0 Å². The summed E-state index contributed by atoms with van der Waals surface area (Å²) in [5.41, 5.74) is 5.97. The SMILES string of the molecule is Cn1ncc(NC(=O)c2nc(-c3c(F)cccc3F)sc2N)c1C1CCCC(F)(F)CO1. The van der Waals surface area contributed by atoms with Gasteiger partial charge in [0.1, 0.15) is 34.4 Å². The lowest BCUT2D eigenvalue weighted by Gasteiger charge is -2.18. The van der Waals surface area contributed by atoms with Crippen LogP contribution < -0.4 is 11.1 Å². The summed E-state index contributed by atoms with van der Waals surface area (Å²) >= 11 is 0.772. The van der Waals surface area contributed by atoms with Crippen LogP contribution in [0.4, 0.5) is 28.3 Å². The molecule has 3 N–H and O–H groups in total. The number of amides is 1. The van der Waals surface area contributed by atoms with E-state index in [1.807, 2.05) is 0 Å². The summed E-state index contributed by atoms with van der Waals surface area (Å²) in [7, 11) is 1.60. The van der Waals surface area contributed by atoms with Gasteiger partial charge in [0.25, 0.3) is 11.8 Å². The van der Waals surface area contributed by atoms with Gasteiger partial charge >= 0.3 is 0 Å². The number of halogens is 4. The molecule has 0 spiro atoms. The molecule has 7 nitrogen and oxygen atoms in total. The predicted octanol–water partition coefficient (Wildman–Crippen LogP) is 4.53. The van der Waals surface area contributed by atoms with Crippen molar-refractivity contribution in [1.29, 1.82) is 0 Å². The third kappa shape index (κ3) is 4.32. The van der Waals surface area contributed by atoms with Crippen molar-refractivity contribution in [2.24, 2.45) is 7.05 Å². The number of benzene rings is 1. The highest BCUT2D eigenvalue weighted by Gasteiger charge is 2.35. The summed E-state index contributed by atoms with van der Waals surface area (Å²) in [4.78, 5) is 16.9. The first kappa shape index (κ1) is 22.2. The van der Waals surface area contributed by atoms with Crippen LogP contribution in [0.5, 0.6) is 0 Å². The van der Waals surface area contributed by atoms with Crippen LogP contribution in [0.25, 0.3) is 10.6 Å². The molecule has 1 aliphatic rings. The van der Waals surface area contributed by atoms with Crippen molar-refractivity contribution in [1.82, 2.24) is 14.8 Å². The molecule has 3 heterocycles. The molecule has 170 valence electrons. The van der Waals surface area contributed by atoms with Gasteiger partial charge in [0.2, 0.25) is 0 Å². The van der Waals surface area contributed by atoms with Gasteiger partial charge in [0, 0.05) is 13.5 Å². The molecule has 2 aromatic heterocycles. The van der Waals surface area contributed by atoms with E-state index in [1.165, 1.54) is 16.9 Å². The maximum atomic E-state index is 14.1. The summed E-state index contributed by atoms with van der Waals surface area (Å²) in [6.45, 7) is -0.729. The van der Waals surface area contributed by atoms with E-state index >= 15 is 0 Å². The largest absolute Gasteiger partial charge is 0.389 e. The van der Waals surface area contributed by atoms with Crippen molar-refractivity contribution in [2.45, 2.75) is 31.3 Å². The number of aryl methyl sites for hydroxylation is 1. The first-order chi connectivity index (χ1) is 15.2. The molecule has 1 atom stereocenters. The lowest BCUT2D eigenvalue weighted by Crippen LogP contribution is -2.22. The first-order valence-corrected chi connectivity index (χ1v) is 10.5. The summed E-state index contributed by atoms with van der Waals surface area (Å²) in [6.07, 6.45) is 0.954. The number of carbonyl (C=O) groups excluding carboxylic acids is 1. The highest BCUT2D eigenvalue weighted by molar-refractivity contribution is 7.19. The average molecular weight is 469 g/mol. The molecule has 1 amide bonds. The third-order valence-electron chi connectivity index (χ3n) is 5.09. The lowest BCUT2D eigenvalue weighted by atomic mass is 10.1. The topological polar surface area (TPSA) is 95.1 Å². The van der Waals surface area contributed by atoms with Crippen LogP contribution in [0.1, 0.15) is 41.5 Å². The third-order valence-corrected chi connectivity index (χ3v) is 5.99. The number of hydrogen-bond acceptors (Lipinski definition) is 6. The lowest BCUT2D eigenvalue weighted by molar-refractivity contribution is -0.0888. The molecule has 4 rings (SSSR count). The zero-order valence-electron chi connectivity index (χ0n) is 16.9. The van der Waals surface area contributed by atoms with Crippen molar-refractivity contribution in [3.05, 3.63) is 47.4 Å². The maximum Gasteiger partial charge on any atom is 0.277 e. The molecule has 3 aromatic rings. The number of thiazole rings is 1. The molecule has 1 aromatic carbocycles. The molecular formula is C20H19F4N5O2S. The number of nitrogens with zero attached hydrogens (tertiary/aromatic N) is 3. The highest BCUT2D eigenvalue weighted by atomic mass is 32.1. The molecule has 1 unspecified atom stereocenters. The Morgan fingerprint density at radius 1 is 1.34 bits per heavy atom. The Morgan fingerprint density at radius 2 is 2.06 bits per heavy atom. The number of hydrogen-bond donors (Lipinski definition) is 2. The molecule has 0 radical (unpaired) electrons. The smallest absolute Gasteiger partial charge is 0.277 e. The van der Waals surface area contributed by atoms with Crippen molar-refractivity contribution in [2.75, 3.05) is 17.7 Å². The van der Waals surface area contributed by atoms with Gasteiger partial charge < -0.3 is 15.8 Å². The molecule has 0 saturated carbocycles. The van der Waals surface area contributed by atoms with E-state index in [0.29, 0.717) is 12.1 Å². The van der Waals surface area contributed by atoms with E-state index < -0.39 is 36.2 Å². The summed E-state index contributed by atoms with van der Waals surface area (Å²) in [6, 6.07) is 3.37. The molecule has 0 bridgehead atoms. The average Bonchev–Trinajstić information content (AvgIpc) is 3.21. The molecule has 12 heteroatoms. The van der Waals surface area contributed by atoms with Crippen LogP contribution >= 0.6 is 11.3 Å². The molecule has 1 fully saturated rings. The Bertz CT molecular complexity index is 1140. The maximum absolute atomic E-state index is 14.1. The number of aromatic nitrogens is 3. The number of nitrogens with two attached hydrogens (primary N) is 1. The fraction of sp³-hybridized carbons (Fsp3) is 0.350. The Morgan fingerprint density at radius 3 is 2.78 bits per heavy atom. The number of nitrogens with one attached hydrogen (secondary N) is 1. The van der Waals surface area contributed by atoms with Crippen LogP contribution in [0.15, 0.2) is 24.4 Å². The van der Waals surface area contributed by atoms with Gasteiger partial charge in [-0.3, -0.25) is 9.48 Å². The first-order valence-electron chi connectivity index (χ1n) is 9.69. The predicted molar refractivity (Wildman–Crippen MR) is 111 cm³/mol. The van der Waals surface area contributed by atoms with Gasteiger partial charge in [-0.25, -0.2) is 22.5 Å². The highest BCUT2D eigenvalue weighted by Crippen LogP contribution is 2.37. The van der Waals surface area contributed by atoms with E-state index in [9.17, 15) is 22.4 Å². The van der Waals surface area contributed by atoms with E-state index in [1.54, 1.807) is 7.05 Å². The Balaban J connectivity index is 1.59. The summed E-state index contributed by atoms with van der Waals surface area (Å²) < 4.78 is 62.3.